The van der Waals surface area contributed by atoms with Crippen molar-refractivity contribution < 1.29 is 8.81 Å². The van der Waals surface area contributed by atoms with Crippen molar-refractivity contribution in [2.24, 2.45) is 5.92 Å². The van der Waals surface area contributed by atoms with Crippen LogP contribution in [0.1, 0.15) is 134 Å². The molecule has 2 aromatic carbocycles. The van der Waals surface area contributed by atoms with Crippen LogP contribution in [0, 0.1) is 11.7 Å². The Hall–Kier alpha value is -2.16. The van der Waals surface area contributed by atoms with Crippen LogP contribution in [0.2, 0.25) is 0 Å². The highest BCUT2D eigenvalue weighted by Crippen LogP contribution is 2.39. The maximum absolute atomic E-state index is 15.4. The molecule has 1 fully saturated rings. The van der Waals surface area contributed by atoms with Crippen molar-refractivity contribution >= 4 is 21.7 Å². The summed E-state index contributed by atoms with van der Waals surface area (Å²) >= 11 is 0. The van der Waals surface area contributed by atoms with Gasteiger partial charge >= 0.3 is 5.63 Å². The second-order valence-electron chi connectivity index (χ2n) is 11.5. The highest BCUT2D eigenvalue weighted by Gasteiger charge is 2.23. The first-order chi connectivity index (χ1) is 18.1. The van der Waals surface area contributed by atoms with Gasteiger partial charge in [0, 0.05) is 10.8 Å². The van der Waals surface area contributed by atoms with E-state index in [0.717, 1.165) is 24.1 Å². The molecule has 1 aliphatic rings. The van der Waals surface area contributed by atoms with Gasteiger partial charge in [0.1, 0.15) is 0 Å². The fraction of sp³-hybridized carbons (Fsp3) is 0.618. The molecule has 1 aliphatic carbocycles. The van der Waals surface area contributed by atoms with Gasteiger partial charge in [-0.1, -0.05) is 109 Å². The highest BCUT2D eigenvalue weighted by atomic mass is 19.1. The molecule has 1 heterocycles. The normalized spacial score (nSPS) is 18.1. The Morgan fingerprint density at radius 3 is 2.14 bits per heavy atom. The van der Waals surface area contributed by atoms with Crippen LogP contribution < -0.4 is 5.63 Å². The molecule has 3 aromatic rings. The zero-order valence-corrected chi connectivity index (χ0v) is 23.3. The fourth-order valence-electron chi connectivity index (χ4n) is 6.39. The average molecular weight is 507 g/mol. The smallest absolute Gasteiger partial charge is 0.344 e. The van der Waals surface area contributed by atoms with Crippen LogP contribution in [-0.2, 0) is 6.42 Å². The van der Waals surface area contributed by atoms with Gasteiger partial charge in [0.25, 0.3) is 0 Å². The Morgan fingerprint density at radius 2 is 1.41 bits per heavy atom. The van der Waals surface area contributed by atoms with Gasteiger partial charge in [-0.15, -0.1) is 0 Å². The summed E-state index contributed by atoms with van der Waals surface area (Å²) in [7, 11) is 0. The maximum atomic E-state index is 15.4. The Kier molecular flexibility index (Phi) is 10.6. The molecule has 4 rings (SSSR count). The maximum Gasteiger partial charge on any atom is 0.344 e. The topological polar surface area (TPSA) is 30.2 Å². The van der Waals surface area contributed by atoms with E-state index in [0.29, 0.717) is 28.7 Å². The largest absolute Gasteiger partial charge is 0.419 e. The summed E-state index contributed by atoms with van der Waals surface area (Å²) < 4.78 is 21.0. The van der Waals surface area contributed by atoms with E-state index in [9.17, 15) is 4.79 Å². The van der Waals surface area contributed by atoms with Crippen LogP contribution in [0.4, 0.5) is 4.39 Å². The van der Waals surface area contributed by atoms with Gasteiger partial charge in [-0.3, -0.25) is 0 Å². The zero-order chi connectivity index (χ0) is 26.0. The minimum atomic E-state index is -0.416. The molecule has 0 amide bonds. The predicted molar refractivity (Wildman–Crippen MR) is 155 cm³/mol. The third-order valence-corrected chi connectivity index (χ3v) is 8.76. The van der Waals surface area contributed by atoms with Crippen LogP contribution in [0.3, 0.4) is 0 Å². The van der Waals surface area contributed by atoms with E-state index in [-0.39, 0.29) is 11.4 Å². The average Bonchev–Trinajstić information content (AvgIpc) is 2.92. The quantitative estimate of drug-likeness (QED) is 0.124. The first-order valence-corrected chi connectivity index (χ1v) is 15.3. The van der Waals surface area contributed by atoms with E-state index in [1.165, 1.54) is 95.5 Å². The fourth-order valence-corrected chi connectivity index (χ4v) is 6.39. The third kappa shape index (κ3) is 7.24. The van der Waals surface area contributed by atoms with E-state index in [1.54, 1.807) is 0 Å². The summed E-state index contributed by atoms with van der Waals surface area (Å²) in [5.41, 5.74) is 1.60. The Balaban J connectivity index is 1.41. The molecule has 0 spiro atoms. The summed E-state index contributed by atoms with van der Waals surface area (Å²) in [6.45, 7) is 4.50. The van der Waals surface area contributed by atoms with Gasteiger partial charge in [-0.05, 0) is 67.6 Å². The lowest BCUT2D eigenvalue weighted by Crippen LogP contribution is -2.14. The molecule has 3 heteroatoms. The molecule has 0 N–H and O–H groups in total. The molecule has 0 bridgehead atoms. The van der Waals surface area contributed by atoms with Crippen molar-refractivity contribution in [3.63, 3.8) is 0 Å². The molecule has 0 aliphatic heterocycles. The van der Waals surface area contributed by atoms with E-state index >= 15 is 4.39 Å². The monoisotopic (exact) mass is 506 g/mol. The van der Waals surface area contributed by atoms with Gasteiger partial charge in [0.15, 0.2) is 11.4 Å². The van der Waals surface area contributed by atoms with Crippen LogP contribution >= 0.6 is 0 Å². The molecule has 2 nitrogen and oxygen atoms in total. The number of unbranched alkanes of at least 4 members (excludes halogenated alkanes) is 9. The lowest BCUT2D eigenvalue weighted by Gasteiger charge is -2.29. The van der Waals surface area contributed by atoms with E-state index < -0.39 is 5.63 Å². The molecular weight excluding hydrogens is 459 g/mol. The van der Waals surface area contributed by atoms with Gasteiger partial charge in [0.2, 0.25) is 0 Å². The summed E-state index contributed by atoms with van der Waals surface area (Å²) in [5.74, 6) is 1.01. The molecule has 0 radical (unpaired) electrons. The van der Waals surface area contributed by atoms with Crippen LogP contribution in [0.15, 0.2) is 39.5 Å². The van der Waals surface area contributed by atoms with E-state index in [2.05, 4.69) is 19.9 Å². The van der Waals surface area contributed by atoms with Gasteiger partial charge in [-0.25, -0.2) is 9.18 Å². The third-order valence-electron chi connectivity index (χ3n) is 8.76. The Bertz CT molecular complexity index is 1190. The number of hydrogen-bond acceptors (Lipinski definition) is 2. The number of rotatable bonds is 14. The van der Waals surface area contributed by atoms with Crippen molar-refractivity contribution in [1.82, 2.24) is 0 Å². The van der Waals surface area contributed by atoms with Gasteiger partial charge in [-0.2, -0.15) is 0 Å². The van der Waals surface area contributed by atoms with Crippen LogP contribution in [-0.4, -0.2) is 0 Å². The molecule has 0 atom stereocenters. The number of fused-ring (bicyclic) bond motifs is 3. The summed E-state index contributed by atoms with van der Waals surface area (Å²) in [4.78, 5) is 13.0. The van der Waals surface area contributed by atoms with Crippen molar-refractivity contribution in [1.29, 1.82) is 0 Å². The second-order valence-corrected chi connectivity index (χ2v) is 11.5. The minimum absolute atomic E-state index is 0.120. The second kappa shape index (κ2) is 14.1. The minimum Gasteiger partial charge on any atom is -0.419 e. The Morgan fingerprint density at radius 1 is 0.757 bits per heavy atom. The molecule has 1 aromatic heterocycles. The van der Waals surface area contributed by atoms with E-state index in [1.807, 2.05) is 24.3 Å². The van der Waals surface area contributed by atoms with Crippen LogP contribution in [0.25, 0.3) is 21.7 Å². The number of hydrogen-bond donors (Lipinski definition) is 0. The van der Waals surface area contributed by atoms with E-state index in [4.69, 9.17) is 4.42 Å². The SMILES string of the molecule is CCCCCCCCCCc1ccc2c(oc(=O)c3cc(C4CCC(CCCCC)CC4)ccc32)c1F. The van der Waals surface area contributed by atoms with Gasteiger partial charge in [0.05, 0.1) is 5.39 Å². The van der Waals surface area contributed by atoms with Crippen LogP contribution in [0.5, 0.6) is 0 Å². The number of benzene rings is 2. The molecule has 202 valence electrons. The van der Waals surface area contributed by atoms with Gasteiger partial charge < -0.3 is 4.42 Å². The van der Waals surface area contributed by atoms with Crippen molar-refractivity contribution in [2.75, 3.05) is 0 Å². The number of aryl methyl sites for hydroxylation is 1. The number of halogens is 1. The van der Waals surface area contributed by atoms with Crippen molar-refractivity contribution in [3.8, 4) is 0 Å². The molecular formula is C34H47FO2. The standard InChI is InChI=1S/C34H47FO2/c1-3-5-7-8-9-10-11-13-15-27-20-23-30-29-22-21-28(24-31(29)34(36)37-33(30)32(27)35)26-18-16-25(17-19-26)14-12-6-4-2/h20-26H,3-19H2,1-2H3. The van der Waals surface area contributed by atoms with Crippen molar-refractivity contribution in [3.05, 3.63) is 57.7 Å². The summed E-state index contributed by atoms with van der Waals surface area (Å²) in [5, 5.41) is 2.10. The molecule has 37 heavy (non-hydrogen) atoms. The molecule has 0 unspecified atom stereocenters. The zero-order valence-electron chi connectivity index (χ0n) is 23.3. The lowest BCUT2D eigenvalue weighted by molar-refractivity contribution is 0.303. The summed E-state index contributed by atoms with van der Waals surface area (Å²) in [6.07, 6.45) is 20.8. The first-order valence-electron chi connectivity index (χ1n) is 15.3. The lowest BCUT2D eigenvalue weighted by atomic mass is 9.77. The predicted octanol–water partition coefficient (Wildman–Crippen LogP) is 10.6. The summed E-state index contributed by atoms with van der Waals surface area (Å²) in [6, 6.07) is 10.1. The molecule has 0 saturated heterocycles. The Labute approximate surface area is 223 Å². The molecule has 1 saturated carbocycles. The first kappa shape index (κ1) is 27.9. The van der Waals surface area contributed by atoms with Crippen molar-refractivity contribution in [2.45, 2.75) is 129 Å². The highest BCUT2D eigenvalue weighted by molar-refractivity contribution is 6.04.